The molecule has 1 aliphatic carbocycles. The summed E-state index contributed by atoms with van der Waals surface area (Å²) < 4.78 is 5.56. The summed E-state index contributed by atoms with van der Waals surface area (Å²) >= 11 is 0. The number of ether oxygens (including phenoxy) is 1. The Bertz CT molecular complexity index is 601. The Balaban J connectivity index is 0.00000243. The molecular weight excluding hydrogens is 441 g/mol. The lowest BCUT2D eigenvalue weighted by Crippen LogP contribution is -2.41. The second-order valence-electron chi connectivity index (χ2n) is 7.20. The molecule has 1 aromatic rings. The minimum atomic E-state index is -0.611. The molecule has 26 heavy (non-hydrogen) atoms. The zero-order valence-corrected chi connectivity index (χ0v) is 18.1. The van der Waals surface area contributed by atoms with Crippen molar-refractivity contribution < 1.29 is 9.84 Å². The summed E-state index contributed by atoms with van der Waals surface area (Å²) in [4.78, 5) is 4.62. The SMILES string of the molecule is CCNC(=NCC1(O)CCCCC1)NCCc1ccc2c(c1)CCO2.I. The van der Waals surface area contributed by atoms with Crippen molar-refractivity contribution in [2.24, 2.45) is 4.99 Å². The van der Waals surface area contributed by atoms with E-state index < -0.39 is 5.60 Å². The monoisotopic (exact) mass is 473 g/mol. The number of hydrogen-bond donors (Lipinski definition) is 3. The van der Waals surface area contributed by atoms with Gasteiger partial charge in [0, 0.05) is 19.5 Å². The van der Waals surface area contributed by atoms with Crippen molar-refractivity contribution >= 4 is 29.9 Å². The average molecular weight is 473 g/mol. The number of rotatable bonds is 6. The molecule has 0 amide bonds. The molecule has 6 heteroatoms. The largest absolute Gasteiger partial charge is 0.493 e. The van der Waals surface area contributed by atoms with Gasteiger partial charge in [0.1, 0.15) is 5.75 Å². The van der Waals surface area contributed by atoms with Gasteiger partial charge in [0.15, 0.2) is 5.96 Å². The number of hydrogen-bond acceptors (Lipinski definition) is 3. The van der Waals surface area contributed by atoms with Gasteiger partial charge in [-0.05, 0) is 43.4 Å². The Morgan fingerprint density at radius 2 is 2.04 bits per heavy atom. The number of aliphatic hydroxyl groups is 1. The first-order valence-corrected chi connectivity index (χ1v) is 9.68. The highest BCUT2D eigenvalue weighted by atomic mass is 127. The zero-order chi connectivity index (χ0) is 17.5. The maximum Gasteiger partial charge on any atom is 0.191 e. The summed E-state index contributed by atoms with van der Waals surface area (Å²) in [6.45, 7) is 4.99. The molecule has 3 rings (SSSR count). The number of nitrogens with zero attached hydrogens (tertiary/aromatic N) is 1. The summed E-state index contributed by atoms with van der Waals surface area (Å²) in [7, 11) is 0. The molecule has 0 radical (unpaired) electrons. The van der Waals surface area contributed by atoms with Crippen molar-refractivity contribution in [3.05, 3.63) is 29.3 Å². The third kappa shape index (κ3) is 6.01. The molecule has 0 unspecified atom stereocenters. The van der Waals surface area contributed by atoms with Crippen LogP contribution in [0.25, 0.3) is 0 Å². The Morgan fingerprint density at radius 3 is 2.81 bits per heavy atom. The maximum atomic E-state index is 10.6. The molecule has 1 saturated carbocycles. The van der Waals surface area contributed by atoms with Gasteiger partial charge in [0.05, 0.1) is 18.8 Å². The molecule has 0 spiro atoms. The highest BCUT2D eigenvalue weighted by molar-refractivity contribution is 14.0. The smallest absolute Gasteiger partial charge is 0.191 e. The predicted octanol–water partition coefficient (Wildman–Crippen LogP) is 3.03. The van der Waals surface area contributed by atoms with Crippen molar-refractivity contribution in [1.82, 2.24) is 10.6 Å². The number of guanidine groups is 1. The van der Waals surface area contributed by atoms with Crippen LogP contribution in [0, 0.1) is 0 Å². The minimum Gasteiger partial charge on any atom is -0.493 e. The first-order valence-electron chi connectivity index (χ1n) is 9.68. The van der Waals surface area contributed by atoms with Gasteiger partial charge in [0.2, 0.25) is 0 Å². The van der Waals surface area contributed by atoms with Crippen LogP contribution in [0.2, 0.25) is 0 Å². The van der Waals surface area contributed by atoms with Crippen LogP contribution in [-0.4, -0.2) is 42.9 Å². The molecule has 0 aromatic heterocycles. The first kappa shape index (κ1) is 21.3. The standard InChI is InChI=1S/C20H31N3O2.HI/c1-2-21-19(23-15-20(24)10-4-3-5-11-20)22-12-8-16-6-7-18-17(14-16)9-13-25-18;/h6-7,14,24H,2-5,8-13,15H2,1H3,(H2,21,22,23);1H. The minimum absolute atomic E-state index is 0. The molecule has 1 fully saturated rings. The van der Waals surface area contributed by atoms with Crippen LogP contribution in [0.3, 0.4) is 0 Å². The third-order valence-electron chi connectivity index (χ3n) is 5.12. The van der Waals surface area contributed by atoms with E-state index in [1.54, 1.807) is 0 Å². The quantitative estimate of drug-likeness (QED) is 0.338. The van der Waals surface area contributed by atoms with E-state index >= 15 is 0 Å². The number of aliphatic imine (C=N–C) groups is 1. The van der Waals surface area contributed by atoms with Crippen molar-refractivity contribution in [1.29, 1.82) is 0 Å². The van der Waals surface area contributed by atoms with Crippen molar-refractivity contribution in [2.75, 3.05) is 26.2 Å². The van der Waals surface area contributed by atoms with E-state index in [0.717, 1.165) is 69.9 Å². The molecule has 2 aliphatic rings. The normalized spacial score (nSPS) is 18.5. The van der Waals surface area contributed by atoms with Crippen LogP contribution in [0.15, 0.2) is 23.2 Å². The third-order valence-corrected chi connectivity index (χ3v) is 5.12. The first-order chi connectivity index (χ1) is 12.2. The molecule has 0 saturated heterocycles. The van der Waals surface area contributed by atoms with Crippen LogP contribution in [0.4, 0.5) is 0 Å². The van der Waals surface area contributed by atoms with E-state index in [-0.39, 0.29) is 24.0 Å². The van der Waals surface area contributed by atoms with E-state index in [4.69, 9.17) is 4.74 Å². The summed E-state index contributed by atoms with van der Waals surface area (Å²) in [5.74, 6) is 1.83. The second-order valence-corrected chi connectivity index (χ2v) is 7.20. The Morgan fingerprint density at radius 1 is 1.23 bits per heavy atom. The van der Waals surface area contributed by atoms with Crippen molar-refractivity contribution in [2.45, 2.75) is 57.5 Å². The molecular formula is C20H32IN3O2. The van der Waals surface area contributed by atoms with Crippen molar-refractivity contribution in [3.63, 3.8) is 0 Å². The molecule has 1 aliphatic heterocycles. The van der Waals surface area contributed by atoms with Crippen LogP contribution in [0.5, 0.6) is 5.75 Å². The van der Waals surface area contributed by atoms with Gasteiger partial charge in [-0.25, -0.2) is 0 Å². The van der Waals surface area contributed by atoms with Crippen molar-refractivity contribution in [3.8, 4) is 5.75 Å². The number of benzene rings is 1. The highest BCUT2D eigenvalue weighted by Gasteiger charge is 2.28. The van der Waals surface area contributed by atoms with Gasteiger partial charge in [0.25, 0.3) is 0 Å². The van der Waals surface area contributed by atoms with Crippen LogP contribution in [-0.2, 0) is 12.8 Å². The lowest BCUT2D eigenvalue weighted by Gasteiger charge is -2.30. The van der Waals surface area contributed by atoms with E-state index in [1.165, 1.54) is 17.5 Å². The van der Waals surface area contributed by atoms with Gasteiger partial charge >= 0.3 is 0 Å². The fraction of sp³-hybridized carbons (Fsp3) is 0.650. The van der Waals surface area contributed by atoms with Gasteiger partial charge < -0.3 is 20.5 Å². The summed E-state index contributed by atoms with van der Waals surface area (Å²) in [6.07, 6.45) is 7.15. The van der Waals surface area contributed by atoms with Crippen LogP contribution >= 0.6 is 24.0 Å². The Kier molecular flexibility index (Phi) is 8.47. The fourth-order valence-electron chi connectivity index (χ4n) is 3.66. The van der Waals surface area contributed by atoms with Gasteiger partial charge in [-0.3, -0.25) is 4.99 Å². The second kappa shape index (κ2) is 10.3. The number of fused-ring (bicyclic) bond motifs is 1. The maximum absolute atomic E-state index is 10.6. The lowest BCUT2D eigenvalue weighted by atomic mass is 9.85. The van der Waals surface area contributed by atoms with Crippen LogP contribution < -0.4 is 15.4 Å². The van der Waals surface area contributed by atoms with E-state index in [0.29, 0.717) is 6.54 Å². The molecule has 0 bridgehead atoms. The zero-order valence-electron chi connectivity index (χ0n) is 15.7. The van der Waals surface area contributed by atoms with E-state index in [2.05, 4.69) is 40.7 Å². The molecule has 0 atom stereocenters. The average Bonchev–Trinajstić information content (AvgIpc) is 3.08. The summed E-state index contributed by atoms with van der Waals surface area (Å²) in [5, 5.41) is 17.3. The van der Waals surface area contributed by atoms with Gasteiger partial charge in [-0.15, -0.1) is 24.0 Å². The summed E-state index contributed by atoms with van der Waals surface area (Å²) in [5.41, 5.74) is 2.02. The molecule has 5 nitrogen and oxygen atoms in total. The highest BCUT2D eigenvalue weighted by Crippen LogP contribution is 2.28. The van der Waals surface area contributed by atoms with Crippen LogP contribution in [0.1, 0.15) is 50.2 Å². The molecule has 3 N–H and O–H groups in total. The van der Waals surface area contributed by atoms with Gasteiger partial charge in [-0.2, -0.15) is 0 Å². The molecule has 1 heterocycles. The topological polar surface area (TPSA) is 65.9 Å². The lowest BCUT2D eigenvalue weighted by molar-refractivity contribution is 0.0131. The van der Waals surface area contributed by atoms with E-state index in [9.17, 15) is 5.11 Å². The molecule has 146 valence electrons. The number of nitrogens with one attached hydrogen (secondary N) is 2. The Labute approximate surface area is 174 Å². The number of halogens is 1. The Hall–Kier alpha value is -1.02. The predicted molar refractivity (Wildman–Crippen MR) is 117 cm³/mol. The summed E-state index contributed by atoms with van der Waals surface area (Å²) in [6, 6.07) is 6.47. The fourth-order valence-corrected chi connectivity index (χ4v) is 3.66. The molecule has 1 aromatic carbocycles. The van der Waals surface area contributed by atoms with Gasteiger partial charge in [-0.1, -0.05) is 31.4 Å². The van der Waals surface area contributed by atoms with E-state index in [1.807, 2.05) is 0 Å².